The molecule has 2 atom stereocenters. The molecular formula is C11H15FN2O2. The van der Waals surface area contributed by atoms with Gasteiger partial charge in [0.1, 0.15) is 11.9 Å². The van der Waals surface area contributed by atoms with Crippen LogP contribution in [0.25, 0.3) is 0 Å². The van der Waals surface area contributed by atoms with Gasteiger partial charge < -0.3 is 14.6 Å². The maximum absolute atomic E-state index is 13.2. The molecule has 1 aliphatic rings. The van der Waals surface area contributed by atoms with Gasteiger partial charge in [0.2, 0.25) is 0 Å². The number of rotatable bonds is 2. The lowest BCUT2D eigenvalue weighted by Crippen LogP contribution is -2.38. The second-order valence-corrected chi connectivity index (χ2v) is 4.13. The van der Waals surface area contributed by atoms with Crippen LogP contribution in [0, 0.1) is 0 Å². The molecule has 1 aromatic rings. The van der Waals surface area contributed by atoms with E-state index < -0.39 is 12.2 Å². The topological polar surface area (TPSA) is 45.5 Å². The van der Waals surface area contributed by atoms with Gasteiger partial charge in [-0.15, -0.1) is 0 Å². The highest BCUT2D eigenvalue weighted by atomic mass is 19.1. The van der Waals surface area contributed by atoms with Crippen molar-refractivity contribution in [2.45, 2.75) is 18.6 Å². The Morgan fingerprint density at radius 1 is 1.69 bits per heavy atom. The molecule has 0 aliphatic carbocycles. The zero-order chi connectivity index (χ0) is 11.7. The van der Waals surface area contributed by atoms with Gasteiger partial charge in [0.05, 0.1) is 19.2 Å². The number of hydrogen-bond donors (Lipinski definition) is 1. The normalized spacial score (nSPS) is 25.1. The molecule has 0 aromatic carbocycles. The fourth-order valence-corrected chi connectivity index (χ4v) is 2.11. The second kappa shape index (κ2) is 4.25. The number of carbonyl (C=O) groups is 1. The van der Waals surface area contributed by atoms with Crippen LogP contribution in [0.2, 0.25) is 0 Å². The van der Waals surface area contributed by atoms with Crippen LogP contribution in [0.1, 0.15) is 16.9 Å². The first kappa shape index (κ1) is 11.1. The minimum atomic E-state index is -1.03. The summed E-state index contributed by atoms with van der Waals surface area (Å²) in [5.74, 6) is -0.216. The van der Waals surface area contributed by atoms with Gasteiger partial charge >= 0.3 is 0 Å². The van der Waals surface area contributed by atoms with E-state index in [-0.39, 0.29) is 25.5 Å². The van der Waals surface area contributed by atoms with Crippen molar-refractivity contribution in [2.24, 2.45) is 7.05 Å². The highest BCUT2D eigenvalue weighted by Gasteiger charge is 2.35. The summed E-state index contributed by atoms with van der Waals surface area (Å²) in [4.78, 5) is 13.5. The Balaban J connectivity index is 2.19. The summed E-state index contributed by atoms with van der Waals surface area (Å²) >= 11 is 0. The predicted octanol–water partition coefficient (Wildman–Crippen LogP) is 0.570. The molecular weight excluding hydrogens is 211 g/mol. The molecule has 1 aromatic heterocycles. The Morgan fingerprint density at radius 3 is 3.00 bits per heavy atom. The number of likely N-dealkylation sites (tertiary alicyclic amines) is 1. The zero-order valence-electron chi connectivity index (χ0n) is 9.14. The molecule has 1 fully saturated rings. The largest absolute Gasteiger partial charge is 0.394 e. The zero-order valence-corrected chi connectivity index (χ0v) is 9.14. The molecule has 0 bridgehead atoms. The van der Waals surface area contributed by atoms with E-state index in [1.807, 2.05) is 0 Å². The van der Waals surface area contributed by atoms with Crippen LogP contribution in [0.4, 0.5) is 4.39 Å². The number of nitrogens with zero attached hydrogens (tertiary/aromatic N) is 2. The summed E-state index contributed by atoms with van der Waals surface area (Å²) in [7, 11) is 1.77. The van der Waals surface area contributed by atoms with E-state index >= 15 is 0 Å². The van der Waals surface area contributed by atoms with Crippen molar-refractivity contribution in [2.75, 3.05) is 13.2 Å². The molecule has 88 valence electrons. The van der Waals surface area contributed by atoms with Crippen molar-refractivity contribution in [1.29, 1.82) is 0 Å². The lowest BCUT2D eigenvalue weighted by Gasteiger charge is -2.22. The van der Waals surface area contributed by atoms with E-state index in [1.54, 1.807) is 29.9 Å². The standard InChI is InChI=1S/C11H15FN2O2/c1-13-4-2-3-10(13)11(16)14-6-8(12)5-9(14)7-15/h2-4,8-9,15H,5-7H2,1H3/t8-,9-/m0/s1. The van der Waals surface area contributed by atoms with Crippen molar-refractivity contribution >= 4 is 5.91 Å². The summed E-state index contributed by atoms with van der Waals surface area (Å²) in [6.45, 7) is -0.105. The number of aromatic nitrogens is 1. The van der Waals surface area contributed by atoms with Crippen molar-refractivity contribution in [3.05, 3.63) is 24.0 Å². The monoisotopic (exact) mass is 226 g/mol. The van der Waals surface area contributed by atoms with Crippen LogP contribution in [-0.2, 0) is 7.05 Å². The van der Waals surface area contributed by atoms with Gasteiger partial charge in [-0.3, -0.25) is 4.79 Å². The number of carbonyl (C=O) groups excluding carboxylic acids is 1. The number of hydrogen-bond acceptors (Lipinski definition) is 2. The maximum atomic E-state index is 13.2. The van der Waals surface area contributed by atoms with Gasteiger partial charge in [-0.1, -0.05) is 0 Å². The SMILES string of the molecule is Cn1cccc1C(=O)N1C[C@@H](F)C[C@H]1CO. The third-order valence-corrected chi connectivity index (χ3v) is 3.00. The smallest absolute Gasteiger partial charge is 0.270 e. The molecule has 1 amide bonds. The number of aliphatic hydroxyl groups excluding tert-OH is 1. The summed E-state index contributed by atoms with van der Waals surface area (Å²) < 4.78 is 14.9. The van der Waals surface area contributed by atoms with Crippen LogP contribution in [0.5, 0.6) is 0 Å². The fraction of sp³-hybridized carbons (Fsp3) is 0.545. The molecule has 1 N–H and O–H groups in total. The Kier molecular flexibility index (Phi) is 2.96. The Bertz CT molecular complexity index is 391. The van der Waals surface area contributed by atoms with E-state index in [9.17, 15) is 9.18 Å². The van der Waals surface area contributed by atoms with E-state index in [4.69, 9.17) is 5.11 Å². The molecule has 16 heavy (non-hydrogen) atoms. The van der Waals surface area contributed by atoms with Crippen LogP contribution in [0.3, 0.4) is 0 Å². The van der Waals surface area contributed by atoms with Gasteiger partial charge in [-0.25, -0.2) is 4.39 Å². The third-order valence-electron chi connectivity index (χ3n) is 3.00. The van der Waals surface area contributed by atoms with Gasteiger partial charge in [-0.05, 0) is 12.1 Å². The molecule has 4 nitrogen and oxygen atoms in total. The lowest BCUT2D eigenvalue weighted by atomic mass is 10.2. The average molecular weight is 226 g/mol. The molecule has 0 saturated carbocycles. The fourth-order valence-electron chi connectivity index (χ4n) is 2.11. The first-order chi connectivity index (χ1) is 7.63. The van der Waals surface area contributed by atoms with E-state index in [1.165, 1.54) is 4.90 Å². The molecule has 2 rings (SSSR count). The summed E-state index contributed by atoms with van der Waals surface area (Å²) in [6.07, 6.45) is 0.970. The third kappa shape index (κ3) is 1.82. The molecule has 2 heterocycles. The van der Waals surface area contributed by atoms with Crippen LogP contribution in [-0.4, -0.2) is 45.8 Å². The van der Waals surface area contributed by atoms with Crippen LogP contribution < -0.4 is 0 Å². The quantitative estimate of drug-likeness (QED) is 0.801. The summed E-state index contributed by atoms with van der Waals surface area (Å²) in [6, 6.07) is 3.07. The van der Waals surface area contributed by atoms with Crippen molar-refractivity contribution in [3.63, 3.8) is 0 Å². The number of alkyl halides is 1. The molecule has 1 aliphatic heterocycles. The Labute approximate surface area is 93.3 Å². The molecule has 0 radical (unpaired) electrons. The second-order valence-electron chi connectivity index (χ2n) is 4.13. The summed E-state index contributed by atoms with van der Waals surface area (Å²) in [5.41, 5.74) is 0.521. The van der Waals surface area contributed by atoms with E-state index in [0.29, 0.717) is 5.69 Å². The first-order valence-corrected chi connectivity index (χ1v) is 5.30. The van der Waals surface area contributed by atoms with Crippen LogP contribution >= 0.6 is 0 Å². The number of aliphatic hydroxyl groups is 1. The number of halogens is 1. The Morgan fingerprint density at radius 2 is 2.44 bits per heavy atom. The van der Waals surface area contributed by atoms with Gasteiger partial charge in [0, 0.05) is 19.7 Å². The minimum absolute atomic E-state index is 0.0786. The van der Waals surface area contributed by atoms with Gasteiger partial charge in [0.15, 0.2) is 0 Å². The maximum Gasteiger partial charge on any atom is 0.270 e. The van der Waals surface area contributed by atoms with Gasteiger partial charge in [-0.2, -0.15) is 0 Å². The average Bonchev–Trinajstić information content (AvgIpc) is 2.83. The van der Waals surface area contributed by atoms with Crippen LogP contribution in [0.15, 0.2) is 18.3 Å². The number of amides is 1. The highest BCUT2D eigenvalue weighted by Crippen LogP contribution is 2.22. The molecule has 0 unspecified atom stereocenters. The summed E-state index contributed by atoms with van der Waals surface area (Å²) in [5, 5.41) is 9.10. The first-order valence-electron chi connectivity index (χ1n) is 5.30. The van der Waals surface area contributed by atoms with Crippen molar-refractivity contribution in [1.82, 2.24) is 9.47 Å². The molecule has 0 spiro atoms. The van der Waals surface area contributed by atoms with E-state index in [2.05, 4.69) is 0 Å². The predicted molar refractivity (Wildman–Crippen MR) is 56.8 cm³/mol. The van der Waals surface area contributed by atoms with Crippen molar-refractivity contribution < 1.29 is 14.3 Å². The number of aryl methyl sites for hydroxylation is 1. The lowest BCUT2D eigenvalue weighted by molar-refractivity contribution is 0.0663. The Hall–Kier alpha value is -1.36. The van der Waals surface area contributed by atoms with Crippen molar-refractivity contribution in [3.8, 4) is 0 Å². The van der Waals surface area contributed by atoms with E-state index in [0.717, 1.165) is 0 Å². The minimum Gasteiger partial charge on any atom is -0.394 e. The molecule has 5 heteroatoms. The van der Waals surface area contributed by atoms with Gasteiger partial charge in [0.25, 0.3) is 5.91 Å². The highest BCUT2D eigenvalue weighted by molar-refractivity contribution is 5.93. The molecule has 1 saturated heterocycles.